The fourth-order valence-electron chi connectivity index (χ4n) is 3.12. The molecule has 1 aliphatic rings. The van der Waals surface area contributed by atoms with Gasteiger partial charge in [0.15, 0.2) is 11.5 Å². The van der Waals surface area contributed by atoms with Gasteiger partial charge >= 0.3 is 12.0 Å². The lowest BCUT2D eigenvalue weighted by Crippen LogP contribution is -2.45. The Hall–Kier alpha value is -3.22. The van der Waals surface area contributed by atoms with E-state index in [2.05, 4.69) is 5.32 Å². The molecule has 0 atom stereocenters. The smallest absolute Gasteiger partial charge is 0.317 e. The number of amides is 2. The molecule has 148 valence electrons. The predicted octanol–water partition coefficient (Wildman–Crippen LogP) is 3.49. The van der Waals surface area contributed by atoms with Crippen LogP contribution in [0.1, 0.15) is 18.4 Å². The second-order valence-electron chi connectivity index (χ2n) is 6.66. The van der Waals surface area contributed by atoms with Gasteiger partial charge in [0.2, 0.25) is 0 Å². The predicted molar refractivity (Wildman–Crippen MR) is 104 cm³/mol. The van der Waals surface area contributed by atoms with Crippen LogP contribution in [0.2, 0.25) is 0 Å². The normalized spacial score (nSPS) is 14.4. The number of carboxylic acids is 1. The number of nitrogens with zero attached hydrogens (tertiary/aromatic N) is 1. The first-order chi connectivity index (χ1) is 13.6. The summed E-state index contributed by atoms with van der Waals surface area (Å²) in [5.74, 6) is 0.840. The second-order valence-corrected chi connectivity index (χ2v) is 6.66. The number of carbonyl (C=O) groups is 2. The number of ether oxygens (including phenoxy) is 2. The molecule has 0 saturated carbocycles. The Kier molecular flexibility index (Phi) is 6.37. The third kappa shape index (κ3) is 4.94. The molecule has 1 aliphatic heterocycles. The molecule has 0 radical (unpaired) electrons. The quantitative estimate of drug-likeness (QED) is 0.796. The van der Waals surface area contributed by atoms with E-state index in [1.54, 1.807) is 12.0 Å². The highest BCUT2D eigenvalue weighted by Crippen LogP contribution is 2.30. The highest BCUT2D eigenvalue weighted by atomic mass is 16.5. The summed E-state index contributed by atoms with van der Waals surface area (Å²) in [5, 5.41) is 11.9. The summed E-state index contributed by atoms with van der Waals surface area (Å²) < 4.78 is 11.1. The number of rotatable bonds is 6. The maximum absolute atomic E-state index is 12.3. The summed E-state index contributed by atoms with van der Waals surface area (Å²) in [6, 6.07) is 14.7. The number of likely N-dealkylation sites (tertiary alicyclic amines) is 1. The molecule has 0 aromatic heterocycles. The van der Waals surface area contributed by atoms with Gasteiger partial charge in [-0.25, -0.2) is 4.79 Å². The van der Waals surface area contributed by atoms with Crippen molar-refractivity contribution in [2.75, 3.05) is 20.2 Å². The Bertz CT molecular complexity index is 814. The highest BCUT2D eigenvalue weighted by molar-refractivity contribution is 5.75. The number of nitrogens with one attached hydrogen (secondary N) is 1. The Morgan fingerprint density at radius 1 is 1.07 bits per heavy atom. The van der Waals surface area contributed by atoms with Crippen molar-refractivity contribution >= 4 is 12.0 Å². The standard InChI is InChI=1S/C21H24N2O5/c1-27-18-4-2-3-5-19(18)28-17-8-6-15(7-9-17)14-22-21(26)23-12-10-16(11-13-23)20(24)25/h2-9,16H,10-14H2,1H3,(H,22,26)(H,24,25). The molecule has 0 unspecified atom stereocenters. The number of aliphatic carboxylic acids is 1. The van der Waals surface area contributed by atoms with E-state index >= 15 is 0 Å². The summed E-state index contributed by atoms with van der Waals surface area (Å²) in [4.78, 5) is 24.9. The van der Waals surface area contributed by atoms with Crippen molar-refractivity contribution in [3.8, 4) is 17.2 Å². The molecule has 1 heterocycles. The molecule has 0 aliphatic carbocycles. The molecular formula is C21H24N2O5. The van der Waals surface area contributed by atoms with E-state index in [0.29, 0.717) is 49.7 Å². The van der Waals surface area contributed by atoms with Crippen molar-refractivity contribution in [2.24, 2.45) is 5.92 Å². The average Bonchev–Trinajstić information content (AvgIpc) is 2.73. The molecular weight excluding hydrogens is 360 g/mol. The minimum Gasteiger partial charge on any atom is -0.493 e. The summed E-state index contributed by atoms with van der Waals surface area (Å²) >= 11 is 0. The number of methoxy groups -OCH3 is 1. The number of urea groups is 1. The molecule has 3 rings (SSSR count). The molecule has 0 spiro atoms. The van der Waals surface area contributed by atoms with Crippen molar-refractivity contribution in [3.05, 3.63) is 54.1 Å². The Balaban J connectivity index is 1.49. The lowest BCUT2D eigenvalue weighted by Gasteiger charge is -2.30. The van der Waals surface area contributed by atoms with Crippen LogP contribution in [0.3, 0.4) is 0 Å². The van der Waals surface area contributed by atoms with Crippen molar-refractivity contribution in [2.45, 2.75) is 19.4 Å². The largest absolute Gasteiger partial charge is 0.493 e. The number of carboxylic acid groups (broad SMARTS) is 1. The first-order valence-corrected chi connectivity index (χ1v) is 9.22. The fourth-order valence-corrected chi connectivity index (χ4v) is 3.12. The maximum atomic E-state index is 12.3. The van der Waals surface area contributed by atoms with Gasteiger partial charge in [0, 0.05) is 19.6 Å². The summed E-state index contributed by atoms with van der Waals surface area (Å²) in [5.41, 5.74) is 0.946. The Labute approximate surface area is 163 Å². The maximum Gasteiger partial charge on any atom is 0.317 e. The number of para-hydroxylation sites is 2. The SMILES string of the molecule is COc1ccccc1Oc1ccc(CNC(=O)N2CCC(C(=O)O)CC2)cc1. The van der Waals surface area contributed by atoms with Gasteiger partial charge in [-0.15, -0.1) is 0 Å². The molecule has 1 saturated heterocycles. The van der Waals surface area contributed by atoms with Crippen LogP contribution in [0.15, 0.2) is 48.5 Å². The number of hydrogen-bond donors (Lipinski definition) is 2. The molecule has 2 aromatic rings. The van der Waals surface area contributed by atoms with Gasteiger partial charge in [0.1, 0.15) is 5.75 Å². The highest BCUT2D eigenvalue weighted by Gasteiger charge is 2.26. The van der Waals surface area contributed by atoms with Crippen molar-refractivity contribution in [1.29, 1.82) is 0 Å². The van der Waals surface area contributed by atoms with Crippen LogP contribution in [0, 0.1) is 5.92 Å². The molecule has 2 N–H and O–H groups in total. The van der Waals surface area contributed by atoms with E-state index in [4.69, 9.17) is 14.6 Å². The van der Waals surface area contributed by atoms with Crippen LogP contribution in [0.25, 0.3) is 0 Å². The number of carbonyl (C=O) groups excluding carboxylic acids is 1. The minimum absolute atomic E-state index is 0.168. The van der Waals surface area contributed by atoms with Crippen molar-refractivity contribution in [3.63, 3.8) is 0 Å². The van der Waals surface area contributed by atoms with Crippen molar-refractivity contribution < 1.29 is 24.2 Å². The fraction of sp³-hybridized carbons (Fsp3) is 0.333. The van der Waals surface area contributed by atoms with Gasteiger partial charge in [0.25, 0.3) is 0 Å². The minimum atomic E-state index is -0.782. The van der Waals surface area contributed by atoms with Gasteiger partial charge in [-0.05, 0) is 42.7 Å². The van der Waals surface area contributed by atoms with Crippen molar-refractivity contribution in [1.82, 2.24) is 10.2 Å². The average molecular weight is 384 g/mol. The van der Waals surface area contributed by atoms with Crippen LogP contribution in [0.5, 0.6) is 17.2 Å². The van der Waals surface area contributed by atoms with Gasteiger partial charge in [-0.1, -0.05) is 24.3 Å². The van der Waals surface area contributed by atoms with Crippen LogP contribution in [-0.2, 0) is 11.3 Å². The van der Waals surface area contributed by atoms with Crippen LogP contribution in [0.4, 0.5) is 4.79 Å². The summed E-state index contributed by atoms with van der Waals surface area (Å²) in [7, 11) is 1.60. The molecule has 7 heteroatoms. The third-order valence-electron chi connectivity index (χ3n) is 4.80. The number of benzene rings is 2. The van der Waals surface area contributed by atoms with E-state index in [1.165, 1.54) is 0 Å². The molecule has 1 fully saturated rings. The Morgan fingerprint density at radius 2 is 1.71 bits per heavy atom. The lowest BCUT2D eigenvalue weighted by molar-refractivity contribution is -0.143. The Morgan fingerprint density at radius 3 is 2.32 bits per heavy atom. The van der Waals surface area contributed by atoms with E-state index in [1.807, 2.05) is 48.5 Å². The van der Waals surface area contributed by atoms with E-state index in [0.717, 1.165) is 5.56 Å². The summed E-state index contributed by atoms with van der Waals surface area (Å²) in [6.45, 7) is 1.33. The first kappa shape index (κ1) is 19.5. The van der Waals surface area contributed by atoms with Crippen LogP contribution in [-0.4, -0.2) is 42.2 Å². The third-order valence-corrected chi connectivity index (χ3v) is 4.80. The van der Waals surface area contributed by atoms with Crippen LogP contribution < -0.4 is 14.8 Å². The lowest BCUT2D eigenvalue weighted by atomic mass is 9.97. The van der Waals surface area contributed by atoms with Gasteiger partial charge in [-0.2, -0.15) is 0 Å². The molecule has 2 amide bonds. The van der Waals surface area contributed by atoms with Gasteiger partial charge < -0.3 is 24.8 Å². The summed E-state index contributed by atoms with van der Waals surface area (Å²) in [6.07, 6.45) is 0.996. The zero-order valence-corrected chi connectivity index (χ0v) is 15.8. The number of hydrogen-bond acceptors (Lipinski definition) is 4. The molecule has 7 nitrogen and oxygen atoms in total. The first-order valence-electron chi connectivity index (χ1n) is 9.22. The van der Waals surface area contributed by atoms with E-state index < -0.39 is 5.97 Å². The monoisotopic (exact) mass is 384 g/mol. The molecule has 28 heavy (non-hydrogen) atoms. The number of piperidine rings is 1. The van der Waals surface area contributed by atoms with Crippen LogP contribution >= 0.6 is 0 Å². The van der Waals surface area contributed by atoms with Gasteiger partial charge in [0.05, 0.1) is 13.0 Å². The van der Waals surface area contributed by atoms with E-state index in [9.17, 15) is 9.59 Å². The zero-order chi connectivity index (χ0) is 19.9. The van der Waals surface area contributed by atoms with E-state index in [-0.39, 0.29) is 11.9 Å². The molecule has 2 aromatic carbocycles. The second kappa shape index (κ2) is 9.12. The topological polar surface area (TPSA) is 88.1 Å². The zero-order valence-electron chi connectivity index (χ0n) is 15.8. The van der Waals surface area contributed by atoms with Gasteiger partial charge in [-0.3, -0.25) is 4.79 Å². The molecule has 0 bridgehead atoms.